The van der Waals surface area contributed by atoms with Gasteiger partial charge in [-0.2, -0.15) is 0 Å². The van der Waals surface area contributed by atoms with Crippen molar-refractivity contribution in [1.29, 1.82) is 0 Å². The average Bonchev–Trinajstić information content (AvgIpc) is 3.05. The number of anilines is 2. The van der Waals surface area contributed by atoms with E-state index >= 15 is 0 Å². The fraction of sp³-hybridized carbons (Fsp3) is 0.167. The Hall–Kier alpha value is -3.56. The summed E-state index contributed by atoms with van der Waals surface area (Å²) in [5.74, 6) is -0.724. The summed E-state index contributed by atoms with van der Waals surface area (Å²) in [5, 5.41) is 3.25. The van der Waals surface area contributed by atoms with E-state index in [0.717, 1.165) is 0 Å². The minimum absolute atomic E-state index is 0.163. The van der Waals surface area contributed by atoms with E-state index in [1.54, 1.807) is 35.4 Å². The first-order valence-corrected chi connectivity index (χ1v) is 11.1. The third-order valence-corrected chi connectivity index (χ3v) is 5.99. The number of methoxy groups -OCH3 is 1. The average molecular weight is 499 g/mol. The molecule has 1 N–H and O–H groups in total. The summed E-state index contributed by atoms with van der Waals surface area (Å²) in [6.45, 7) is 0.236. The van der Waals surface area contributed by atoms with Crippen LogP contribution in [0, 0.1) is 5.82 Å². The fourth-order valence-electron chi connectivity index (χ4n) is 3.63. The molecule has 1 atom stereocenters. The van der Waals surface area contributed by atoms with E-state index in [0.29, 0.717) is 27.8 Å². The number of carbonyl (C=O) groups excluding carboxylic acids is 2. The number of nitrogens with one attached hydrogen (secondary N) is 1. The SMILES string of the molecule is COc1ccc(N2C(=O)C(CC(=O)Nc3ccc(F)cc3)N(Cc3ccccn3)C2=S)cc1Cl. The Bertz CT molecular complexity index is 1230. The van der Waals surface area contributed by atoms with Crippen LogP contribution in [0.15, 0.2) is 66.9 Å². The molecule has 0 bridgehead atoms. The van der Waals surface area contributed by atoms with Crippen molar-refractivity contribution in [3.63, 3.8) is 0 Å². The van der Waals surface area contributed by atoms with Crippen LogP contribution in [-0.2, 0) is 16.1 Å². The molecule has 2 amide bonds. The first-order chi connectivity index (χ1) is 16.4. The molecule has 1 aromatic heterocycles. The quantitative estimate of drug-likeness (QED) is 0.486. The number of hydrogen-bond donors (Lipinski definition) is 1. The Morgan fingerprint density at radius 3 is 2.62 bits per heavy atom. The van der Waals surface area contributed by atoms with Gasteiger partial charge in [0.25, 0.3) is 5.91 Å². The van der Waals surface area contributed by atoms with Gasteiger partial charge in [0.2, 0.25) is 5.91 Å². The van der Waals surface area contributed by atoms with Crippen LogP contribution in [0.2, 0.25) is 5.02 Å². The van der Waals surface area contributed by atoms with E-state index in [9.17, 15) is 14.0 Å². The Balaban J connectivity index is 1.61. The van der Waals surface area contributed by atoms with Gasteiger partial charge in [0.05, 0.1) is 36.5 Å². The number of ether oxygens (including phenoxy) is 1. The number of thiocarbonyl (C=S) groups is 1. The Labute approximate surface area is 206 Å². The highest BCUT2D eigenvalue weighted by Gasteiger charge is 2.44. The van der Waals surface area contributed by atoms with Gasteiger partial charge in [-0.1, -0.05) is 17.7 Å². The number of halogens is 2. The maximum absolute atomic E-state index is 13.5. The minimum atomic E-state index is -0.865. The molecule has 10 heteroatoms. The summed E-state index contributed by atoms with van der Waals surface area (Å²) in [6, 6.07) is 14.9. The number of amides is 2. The molecule has 0 radical (unpaired) electrons. The smallest absolute Gasteiger partial charge is 0.256 e. The van der Waals surface area contributed by atoms with Crippen molar-refractivity contribution in [2.24, 2.45) is 0 Å². The van der Waals surface area contributed by atoms with Crippen LogP contribution < -0.4 is 15.0 Å². The van der Waals surface area contributed by atoms with Crippen molar-refractivity contribution in [1.82, 2.24) is 9.88 Å². The third-order valence-electron chi connectivity index (χ3n) is 5.28. The molecule has 3 aromatic rings. The van der Waals surface area contributed by atoms with Gasteiger partial charge in [0, 0.05) is 11.9 Å². The third kappa shape index (κ3) is 5.00. The molecule has 7 nitrogen and oxygen atoms in total. The van der Waals surface area contributed by atoms with E-state index in [4.69, 9.17) is 28.6 Å². The number of carbonyl (C=O) groups is 2. The zero-order chi connectivity index (χ0) is 24.2. The summed E-state index contributed by atoms with van der Waals surface area (Å²) in [5.41, 5.74) is 1.58. The number of hydrogen-bond acceptors (Lipinski definition) is 5. The Morgan fingerprint density at radius 1 is 1.21 bits per heavy atom. The number of nitrogens with zero attached hydrogens (tertiary/aromatic N) is 3. The highest BCUT2D eigenvalue weighted by Crippen LogP contribution is 2.33. The normalized spacial score (nSPS) is 15.6. The molecule has 1 aliphatic rings. The van der Waals surface area contributed by atoms with Crippen LogP contribution in [0.4, 0.5) is 15.8 Å². The largest absolute Gasteiger partial charge is 0.495 e. The molecule has 4 rings (SSSR count). The summed E-state index contributed by atoms with van der Waals surface area (Å²) < 4.78 is 18.4. The van der Waals surface area contributed by atoms with E-state index in [1.807, 2.05) is 12.1 Å². The van der Waals surface area contributed by atoms with Crippen LogP contribution in [0.1, 0.15) is 12.1 Å². The topological polar surface area (TPSA) is 74.8 Å². The lowest BCUT2D eigenvalue weighted by Crippen LogP contribution is -2.37. The summed E-state index contributed by atoms with van der Waals surface area (Å²) in [4.78, 5) is 33.6. The van der Waals surface area contributed by atoms with Crippen molar-refractivity contribution < 1.29 is 18.7 Å². The molecule has 0 saturated carbocycles. The monoisotopic (exact) mass is 498 g/mol. The lowest BCUT2D eigenvalue weighted by atomic mass is 10.1. The molecule has 174 valence electrons. The molecule has 34 heavy (non-hydrogen) atoms. The van der Waals surface area contributed by atoms with Crippen LogP contribution in [-0.4, -0.2) is 40.0 Å². The highest BCUT2D eigenvalue weighted by molar-refractivity contribution is 7.80. The molecular formula is C24H20ClFN4O3S. The molecule has 0 aliphatic carbocycles. The Morgan fingerprint density at radius 2 is 1.97 bits per heavy atom. The van der Waals surface area contributed by atoms with Crippen LogP contribution >= 0.6 is 23.8 Å². The summed E-state index contributed by atoms with van der Waals surface area (Å²) in [7, 11) is 1.50. The standard InChI is InChI=1S/C24H20ClFN4O3S/c1-33-21-10-9-18(12-19(21)25)30-23(32)20(13-22(31)28-16-7-5-15(26)6-8-16)29(24(30)34)14-17-4-2-3-11-27-17/h2-12,20H,13-14H2,1H3,(H,28,31). The first-order valence-electron chi connectivity index (χ1n) is 10.3. The van der Waals surface area contributed by atoms with Crippen LogP contribution in [0.5, 0.6) is 5.75 Å². The van der Waals surface area contributed by atoms with Crippen molar-refractivity contribution in [2.45, 2.75) is 19.0 Å². The summed E-state index contributed by atoms with van der Waals surface area (Å²) in [6.07, 6.45) is 1.48. The van der Waals surface area contributed by atoms with Crippen molar-refractivity contribution in [3.8, 4) is 5.75 Å². The molecule has 1 fully saturated rings. The minimum Gasteiger partial charge on any atom is -0.495 e. The van der Waals surface area contributed by atoms with E-state index < -0.39 is 17.8 Å². The molecule has 1 aliphatic heterocycles. The second-order valence-electron chi connectivity index (χ2n) is 7.50. The second kappa shape index (κ2) is 10.1. The fourth-order valence-corrected chi connectivity index (χ4v) is 4.27. The maximum atomic E-state index is 13.5. The van der Waals surface area contributed by atoms with Gasteiger partial charge in [0.1, 0.15) is 17.6 Å². The molecule has 2 aromatic carbocycles. The molecule has 1 saturated heterocycles. The maximum Gasteiger partial charge on any atom is 0.256 e. The Kier molecular flexibility index (Phi) is 7.04. The molecule has 0 spiro atoms. The van der Waals surface area contributed by atoms with Gasteiger partial charge in [-0.05, 0) is 66.8 Å². The van der Waals surface area contributed by atoms with E-state index in [2.05, 4.69) is 10.3 Å². The van der Waals surface area contributed by atoms with Gasteiger partial charge in [-0.25, -0.2) is 4.39 Å². The van der Waals surface area contributed by atoms with Gasteiger partial charge < -0.3 is 15.0 Å². The molecule has 2 heterocycles. The van der Waals surface area contributed by atoms with Crippen molar-refractivity contribution in [3.05, 3.63) is 83.4 Å². The number of benzene rings is 2. The zero-order valence-electron chi connectivity index (χ0n) is 18.1. The predicted octanol–water partition coefficient (Wildman–Crippen LogP) is 4.41. The first kappa shape index (κ1) is 23.6. The van der Waals surface area contributed by atoms with Crippen LogP contribution in [0.3, 0.4) is 0 Å². The van der Waals surface area contributed by atoms with Gasteiger partial charge >= 0.3 is 0 Å². The highest BCUT2D eigenvalue weighted by atomic mass is 35.5. The zero-order valence-corrected chi connectivity index (χ0v) is 19.6. The number of rotatable bonds is 7. The van der Waals surface area contributed by atoms with Crippen molar-refractivity contribution in [2.75, 3.05) is 17.3 Å². The molecule has 1 unspecified atom stereocenters. The lowest BCUT2D eigenvalue weighted by Gasteiger charge is -2.23. The predicted molar refractivity (Wildman–Crippen MR) is 131 cm³/mol. The summed E-state index contributed by atoms with van der Waals surface area (Å²) >= 11 is 11.9. The number of pyridine rings is 1. The van der Waals surface area contributed by atoms with E-state index in [1.165, 1.54) is 36.3 Å². The van der Waals surface area contributed by atoms with Gasteiger partial charge in [0.15, 0.2) is 5.11 Å². The molecular weight excluding hydrogens is 479 g/mol. The van der Waals surface area contributed by atoms with Crippen molar-refractivity contribution >= 4 is 52.1 Å². The van der Waals surface area contributed by atoms with Gasteiger partial charge in [-0.3, -0.25) is 19.5 Å². The van der Waals surface area contributed by atoms with Gasteiger partial charge in [-0.15, -0.1) is 0 Å². The number of aromatic nitrogens is 1. The second-order valence-corrected chi connectivity index (χ2v) is 8.27. The van der Waals surface area contributed by atoms with E-state index in [-0.39, 0.29) is 24.0 Å². The van der Waals surface area contributed by atoms with Crippen LogP contribution in [0.25, 0.3) is 0 Å². The lowest BCUT2D eigenvalue weighted by molar-refractivity contribution is -0.124.